The maximum Gasteiger partial charge on any atom is 0.0582 e. The fourth-order valence-corrected chi connectivity index (χ4v) is 3.84. The highest BCUT2D eigenvalue weighted by atomic mass is 16.5. The molecule has 2 nitrogen and oxygen atoms in total. The Bertz CT molecular complexity index is 378. The molecule has 2 spiro atoms. The molecule has 2 heteroatoms. The van der Waals surface area contributed by atoms with E-state index in [1.54, 1.807) is 5.57 Å². The van der Waals surface area contributed by atoms with Crippen molar-refractivity contribution < 1.29 is 9.47 Å². The SMILES string of the molecule is CC(C)C1=CC2(COC2)C1.CC(C)C1CC2(COC2)C1. The average molecular weight is 278 g/mol. The second-order valence-electron chi connectivity index (χ2n) is 8.31. The van der Waals surface area contributed by atoms with Crippen molar-refractivity contribution in [2.24, 2.45) is 28.6 Å². The Balaban J connectivity index is 0.000000121. The van der Waals surface area contributed by atoms with Gasteiger partial charge in [-0.15, -0.1) is 0 Å². The van der Waals surface area contributed by atoms with Gasteiger partial charge in [0.15, 0.2) is 0 Å². The molecule has 0 radical (unpaired) electrons. The molecule has 0 aromatic heterocycles. The molecule has 2 saturated heterocycles. The molecule has 4 aliphatic rings. The van der Waals surface area contributed by atoms with Gasteiger partial charge in [-0.2, -0.15) is 0 Å². The molecule has 1 saturated carbocycles. The molecule has 2 heterocycles. The second kappa shape index (κ2) is 5.14. The van der Waals surface area contributed by atoms with Crippen LogP contribution < -0.4 is 0 Å². The van der Waals surface area contributed by atoms with Crippen molar-refractivity contribution in [2.45, 2.75) is 47.0 Å². The normalized spacial score (nSPS) is 29.0. The van der Waals surface area contributed by atoms with Gasteiger partial charge in [0.2, 0.25) is 0 Å². The highest BCUT2D eigenvalue weighted by Crippen LogP contribution is 2.53. The lowest BCUT2D eigenvalue weighted by Gasteiger charge is -2.54. The summed E-state index contributed by atoms with van der Waals surface area (Å²) in [7, 11) is 0. The Hall–Kier alpha value is -0.340. The quantitative estimate of drug-likeness (QED) is 0.709. The Morgan fingerprint density at radius 2 is 1.55 bits per heavy atom. The van der Waals surface area contributed by atoms with E-state index in [-0.39, 0.29) is 0 Å². The minimum absolute atomic E-state index is 0.513. The van der Waals surface area contributed by atoms with Crippen LogP contribution in [0, 0.1) is 28.6 Å². The summed E-state index contributed by atoms with van der Waals surface area (Å²) in [6.45, 7) is 13.2. The number of ether oxygens (including phenoxy) is 2. The van der Waals surface area contributed by atoms with Gasteiger partial charge in [0.1, 0.15) is 0 Å². The van der Waals surface area contributed by atoms with E-state index in [9.17, 15) is 0 Å². The molecule has 0 aromatic carbocycles. The minimum Gasteiger partial charge on any atom is -0.380 e. The third-order valence-electron chi connectivity index (χ3n) is 5.72. The molecule has 0 aromatic rings. The van der Waals surface area contributed by atoms with Crippen LogP contribution in [-0.2, 0) is 9.47 Å². The van der Waals surface area contributed by atoms with Crippen LogP contribution in [-0.4, -0.2) is 26.4 Å². The predicted molar refractivity (Wildman–Crippen MR) is 81.6 cm³/mol. The van der Waals surface area contributed by atoms with Crippen molar-refractivity contribution in [1.82, 2.24) is 0 Å². The van der Waals surface area contributed by atoms with Crippen LogP contribution in [0.4, 0.5) is 0 Å². The Morgan fingerprint density at radius 1 is 1.00 bits per heavy atom. The lowest BCUT2D eigenvalue weighted by atomic mass is 9.58. The van der Waals surface area contributed by atoms with E-state index in [0.717, 1.165) is 44.2 Å². The molecule has 20 heavy (non-hydrogen) atoms. The first kappa shape index (κ1) is 14.6. The standard InChI is InChI=1S/C9H16O.C9H14O/c2*1-7(2)8-3-9(4-8)5-10-6-9/h7-8H,3-6H2,1-2H3;3,7H,4-6H2,1-2H3. The van der Waals surface area contributed by atoms with Crippen molar-refractivity contribution in [3.05, 3.63) is 11.6 Å². The third-order valence-corrected chi connectivity index (χ3v) is 5.72. The van der Waals surface area contributed by atoms with E-state index >= 15 is 0 Å². The van der Waals surface area contributed by atoms with Gasteiger partial charge in [0, 0.05) is 10.8 Å². The number of hydrogen-bond donors (Lipinski definition) is 0. The van der Waals surface area contributed by atoms with E-state index in [2.05, 4.69) is 33.8 Å². The fraction of sp³-hybridized carbons (Fsp3) is 0.889. The zero-order chi connectivity index (χ0) is 14.4. The summed E-state index contributed by atoms with van der Waals surface area (Å²) < 4.78 is 10.4. The van der Waals surface area contributed by atoms with E-state index < -0.39 is 0 Å². The summed E-state index contributed by atoms with van der Waals surface area (Å²) in [5.74, 6) is 2.65. The maximum atomic E-state index is 5.21. The van der Waals surface area contributed by atoms with Gasteiger partial charge in [0.25, 0.3) is 0 Å². The summed E-state index contributed by atoms with van der Waals surface area (Å²) >= 11 is 0. The molecule has 4 rings (SSSR count). The molecule has 0 N–H and O–H groups in total. The van der Waals surface area contributed by atoms with Crippen molar-refractivity contribution in [2.75, 3.05) is 26.4 Å². The summed E-state index contributed by atoms with van der Waals surface area (Å²) in [6, 6.07) is 0. The highest BCUT2D eigenvalue weighted by Gasteiger charge is 2.50. The van der Waals surface area contributed by atoms with E-state index in [0.29, 0.717) is 10.8 Å². The summed E-state index contributed by atoms with van der Waals surface area (Å²) in [6.07, 6.45) is 6.58. The number of hydrogen-bond acceptors (Lipinski definition) is 2. The molecule has 2 aliphatic heterocycles. The van der Waals surface area contributed by atoms with Crippen molar-refractivity contribution in [1.29, 1.82) is 0 Å². The molecule has 0 unspecified atom stereocenters. The Labute approximate surface area is 123 Å². The first-order valence-electron chi connectivity index (χ1n) is 8.31. The first-order chi connectivity index (χ1) is 9.44. The summed E-state index contributed by atoms with van der Waals surface area (Å²) in [5.41, 5.74) is 2.82. The van der Waals surface area contributed by atoms with Crippen molar-refractivity contribution in [3.63, 3.8) is 0 Å². The number of allylic oxidation sites excluding steroid dienone is 1. The molecular formula is C18H30O2. The molecular weight excluding hydrogens is 248 g/mol. The smallest absolute Gasteiger partial charge is 0.0582 e. The Morgan fingerprint density at radius 3 is 1.85 bits per heavy atom. The van der Waals surface area contributed by atoms with E-state index in [1.807, 2.05) is 0 Å². The van der Waals surface area contributed by atoms with Gasteiger partial charge in [-0.05, 0) is 37.0 Å². The van der Waals surface area contributed by atoms with Crippen molar-refractivity contribution >= 4 is 0 Å². The van der Waals surface area contributed by atoms with Gasteiger partial charge in [-0.3, -0.25) is 0 Å². The molecule has 0 amide bonds. The maximum absolute atomic E-state index is 5.21. The number of rotatable bonds is 2. The zero-order valence-corrected chi connectivity index (χ0v) is 13.6. The summed E-state index contributed by atoms with van der Waals surface area (Å²) in [5, 5.41) is 0. The first-order valence-corrected chi connectivity index (χ1v) is 8.31. The van der Waals surface area contributed by atoms with Crippen LogP contribution in [0.3, 0.4) is 0 Å². The predicted octanol–water partition coefficient (Wildman–Crippen LogP) is 4.06. The van der Waals surface area contributed by atoms with E-state index in [4.69, 9.17) is 9.47 Å². The molecule has 2 aliphatic carbocycles. The van der Waals surface area contributed by atoms with Crippen LogP contribution >= 0.6 is 0 Å². The largest absolute Gasteiger partial charge is 0.380 e. The minimum atomic E-state index is 0.513. The third kappa shape index (κ3) is 2.57. The van der Waals surface area contributed by atoms with Gasteiger partial charge in [-0.25, -0.2) is 0 Å². The topological polar surface area (TPSA) is 18.5 Å². The van der Waals surface area contributed by atoms with Crippen LogP contribution in [0.2, 0.25) is 0 Å². The molecule has 0 bridgehead atoms. The lowest BCUT2D eigenvalue weighted by Crippen LogP contribution is -2.53. The van der Waals surface area contributed by atoms with Crippen LogP contribution in [0.15, 0.2) is 11.6 Å². The lowest BCUT2D eigenvalue weighted by molar-refractivity contribution is -0.185. The van der Waals surface area contributed by atoms with Crippen molar-refractivity contribution in [3.8, 4) is 0 Å². The zero-order valence-electron chi connectivity index (χ0n) is 13.6. The average Bonchev–Trinajstić information content (AvgIpc) is 2.07. The molecule has 3 fully saturated rings. The van der Waals surface area contributed by atoms with Gasteiger partial charge in [-0.1, -0.05) is 39.3 Å². The molecule has 0 atom stereocenters. The van der Waals surface area contributed by atoms with Gasteiger partial charge < -0.3 is 9.47 Å². The molecule has 114 valence electrons. The Kier molecular flexibility index (Phi) is 3.75. The summed E-state index contributed by atoms with van der Waals surface area (Å²) in [4.78, 5) is 0. The van der Waals surface area contributed by atoms with E-state index in [1.165, 1.54) is 19.3 Å². The van der Waals surface area contributed by atoms with Crippen LogP contribution in [0.1, 0.15) is 47.0 Å². The highest BCUT2D eigenvalue weighted by molar-refractivity contribution is 5.27. The van der Waals surface area contributed by atoms with Crippen LogP contribution in [0.25, 0.3) is 0 Å². The van der Waals surface area contributed by atoms with Gasteiger partial charge in [0.05, 0.1) is 26.4 Å². The van der Waals surface area contributed by atoms with Crippen LogP contribution in [0.5, 0.6) is 0 Å². The fourth-order valence-electron chi connectivity index (χ4n) is 3.84. The monoisotopic (exact) mass is 278 g/mol. The van der Waals surface area contributed by atoms with Gasteiger partial charge >= 0.3 is 0 Å². The second-order valence-corrected chi connectivity index (χ2v) is 8.31.